The predicted octanol–water partition coefficient (Wildman–Crippen LogP) is 1.83. The molecule has 23 heavy (non-hydrogen) atoms. The molecule has 1 amide bonds. The van der Waals surface area contributed by atoms with Gasteiger partial charge in [0, 0.05) is 31.5 Å². The van der Waals surface area contributed by atoms with Crippen LogP contribution in [0.4, 0.5) is 0 Å². The minimum Gasteiger partial charge on any atom is -0.497 e. The fourth-order valence-electron chi connectivity index (χ4n) is 2.38. The Kier molecular flexibility index (Phi) is 5.19. The van der Waals surface area contributed by atoms with Crippen molar-refractivity contribution in [2.24, 2.45) is 0 Å². The zero-order valence-corrected chi connectivity index (χ0v) is 13.8. The average molecular weight is 333 g/mol. The number of methoxy groups -OCH3 is 1. The molecule has 7 heteroatoms. The number of imidazole rings is 1. The number of morpholine rings is 1. The van der Waals surface area contributed by atoms with Crippen LogP contribution in [0.5, 0.6) is 5.75 Å². The maximum atomic E-state index is 12.2. The van der Waals surface area contributed by atoms with Crippen LogP contribution in [0.1, 0.15) is 0 Å². The predicted molar refractivity (Wildman–Crippen MR) is 88.2 cm³/mol. The van der Waals surface area contributed by atoms with Crippen molar-refractivity contribution in [1.82, 2.24) is 14.5 Å². The van der Waals surface area contributed by atoms with Gasteiger partial charge in [0.15, 0.2) is 5.16 Å². The van der Waals surface area contributed by atoms with Gasteiger partial charge in [0.25, 0.3) is 0 Å². The summed E-state index contributed by atoms with van der Waals surface area (Å²) in [6.45, 7) is 2.58. The molecule has 0 unspecified atom stereocenters. The summed E-state index contributed by atoms with van der Waals surface area (Å²) in [4.78, 5) is 18.4. The first-order chi connectivity index (χ1) is 11.3. The van der Waals surface area contributed by atoms with Gasteiger partial charge in [-0.1, -0.05) is 17.8 Å². The summed E-state index contributed by atoms with van der Waals surface area (Å²) in [6.07, 6.45) is 3.62. The molecule has 1 fully saturated rings. The standard InChI is InChI=1S/C16H19N3O3S/c1-21-14-4-2-3-13(11-14)19-6-5-17-16(19)23-12-15(20)18-7-9-22-10-8-18/h2-6,11H,7-10,12H2,1H3. The van der Waals surface area contributed by atoms with Crippen molar-refractivity contribution in [3.63, 3.8) is 0 Å². The first kappa shape index (κ1) is 15.9. The molecule has 122 valence electrons. The second kappa shape index (κ2) is 7.52. The summed E-state index contributed by atoms with van der Waals surface area (Å²) >= 11 is 1.44. The van der Waals surface area contributed by atoms with Gasteiger partial charge in [-0.2, -0.15) is 0 Å². The lowest BCUT2D eigenvalue weighted by Gasteiger charge is -2.26. The molecule has 1 aromatic carbocycles. The van der Waals surface area contributed by atoms with E-state index in [1.54, 1.807) is 13.3 Å². The van der Waals surface area contributed by atoms with E-state index in [2.05, 4.69) is 4.98 Å². The number of carbonyl (C=O) groups is 1. The summed E-state index contributed by atoms with van der Waals surface area (Å²) < 4.78 is 12.5. The lowest BCUT2D eigenvalue weighted by Crippen LogP contribution is -2.41. The van der Waals surface area contributed by atoms with E-state index in [1.165, 1.54) is 11.8 Å². The Bertz CT molecular complexity index is 668. The third-order valence-electron chi connectivity index (χ3n) is 3.63. The smallest absolute Gasteiger partial charge is 0.233 e. The van der Waals surface area contributed by atoms with Gasteiger partial charge in [0.2, 0.25) is 5.91 Å². The van der Waals surface area contributed by atoms with Gasteiger partial charge < -0.3 is 14.4 Å². The second-order valence-electron chi connectivity index (χ2n) is 5.06. The van der Waals surface area contributed by atoms with Crippen LogP contribution in [0, 0.1) is 0 Å². The number of carbonyl (C=O) groups excluding carboxylic acids is 1. The largest absolute Gasteiger partial charge is 0.497 e. The fraction of sp³-hybridized carbons (Fsp3) is 0.375. The van der Waals surface area contributed by atoms with Crippen molar-refractivity contribution in [2.75, 3.05) is 39.2 Å². The molecule has 6 nitrogen and oxygen atoms in total. The highest BCUT2D eigenvalue weighted by atomic mass is 32.2. The highest BCUT2D eigenvalue weighted by Gasteiger charge is 2.18. The molecule has 1 aliphatic heterocycles. The lowest BCUT2D eigenvalue weighted by atomic mass is 10.3. The molecule has 2 aromatic rings. The van der Waals surface area contributed by atoms with Gasteiger partial charge in [-0.05, 0) is 12.1 Å². The highest BCUT2D eigenvalue weighted by molar-refractivity contribution is 7.99. The number of amides is 1. The zero-order valence-electron chi connectivity index (χ0n) is 13.0. The van der Waals surface area contributed by atoms with Crippen LogP contribution in [-0.2, 0) is 9.53 Å². The van der Waals surface area contributed by atoms with Crippen molar-refractivity contribution < 1.29 is 14.3 Å². The third kappa shape index (κ3) is 3.86. The van der Waals surface area contributed by atoms with E-state index in [-0.39, 0.29) is 5.91 Å². The molecule has 0 bridgehead atoms. The van der Waals surface area contributed by atoms with Crippen molar-refractivity contribution in [2.45, 2.75) is 5.16 Å². The van der Waals surface area contributed by atoms with Gasteiger partial charge in [-0.3, -0.25) is 9.36 Å². The van der Waals surface area contributed by atoms with Crippen LogP contribution in [0.25, 0.3) is 5.69 Å². The summed E-state index contributed by atoms with van der Waals surface area (Å²) in [7, 11) is 1.64. The summed E-state index contributed by atoms with van der Waals surface area (Å²) in [5, 5.41) is 0.792. The maximum Gasteiger partial charge on any atom is 0.233 e. The van der Waals surface area contributed by atoms with Gasteiger partial charge >= 0.3 is 0 Å². The molecule has 0 spiro atoms. The molecule has 0 radical (unpaired) electrons. The highest BCUT2D eigenvalue weighted by Crippen LogP contribution is 2.23. The normalized spacial score (nSPS) is 14.7. The van der Waals surface area contributed by atoms with E-state index in [1.807, 2.05) is 39.9 Å². The maximum absolute atomic E-state index is 12.2. The zero-order chi connectivity index (χ0) is 16.1. The van der Waals surface area contributed by atoms with E-state index >= 15 is 0 Å². The van der Waals surface area contributed by atoms with Crippen LogP contribution in [0.15, 0.2) is 41.8 Å². The minimum atomic E-state index is 0.124. The van der Waals surface area contributed by atoms with Crippen LogP contribution in [-0.4, -0.2) is 59.5 Å². The van der Waals surface area contributed by atoms with E-state index < -0.39 is 0 Å². The number of hydrogen-bond acceptors (Lipinski definition) is 5. The Morgan fingerprint density at radius 2 is 2.22 bits per heavy atom. The second-order valence-corrected chi connectivity index (χ2v) is 6.01. The number of aromatic nitrogens is 2. The molecule has 0 aliphatic carbocycles. The molecule has 1 aromatic heterocycles. The molecule has 1 saturated heterocycles. The van der Waals surface area contributed by atoms with Crippen LogP contribution < -0.4 is 4.74 Å². The molecular weight excluding hydrogens is 314 g/mol. The Hall–Kier alpha value is -1.99. The summed E-state index contributed by atoms with van der Waals surface area (Å²) in [6, 6.07) is 7.75. The van der Waals surface area contributed by atoms with Crippen molar-refractivity contribution in [3.05, 3.63) is 36.7 Å². The monoisotopic (exact) mass is 333 g/mol. The first-order valence-electron chi connectivity index (χ1n) is 7.44. The number of benzene rings is 1. The van der Waals surface area contributed by atoms with Gasteiger partial charge in [0.05, 0.1) is 31.8 Å². The van der Waals surface area contributed by atoms with Crippen molar-refractivity contribution in [1.29, 1.82) is 0 Å². The van der Waals surface area contributed by atoms with Crippen molar-refractivity contribution >= 4 is 17.7 Å². The Balaban J connectivity index is 1.67. The van der Waals surface area contributed by atoms with Gasteiger partial charge in [0.1, 0.15) is 5.75 Å². The molecule has 2 heterocycles. The number of hydrogen-bond donors (Lipinski definition) is 0. The van der Waals surface area contributed by atoms with Crippen LogP contribution >= 0.6 is 11.8 Å². The Morgan fingerprint density at radius 3 is 3.00 bits per heavy atom. The third-order valence-corrected chi connectivity index (χ3v) is 4.58. The molecular formula is C16H19N3O3S. The number of nitrogens with zero attached hydrogens (tertiary/aromatic N) is 3. The molecule has 1 aliphatic rings. The van der Waals surface area contributed by atoms with Crippen LogP contribution in [0.2, 0.25) is 0 Å². The molecule has 3 rings (SSSR count). The van der Waals surface area contributed by atoms with E-state index in [9.17, 15) is 4.79 Å². The molecule has 0 atom stereocenters. The lowest BCUT2D eigenvalue weighted by molar-refractivity contribution is -0.132. The molecule has 0 N–H and O–H groups in total. The summed E-state index contributed by atoms with van der Waals surface area (Å²) in [5.74, 6) is 1.29. The van der Waals surface area contributed by atoms with Crippen molar-refractivity contribution in [3.8, 4) is 11.4 Å². The number of thioether (sulfide) groups is 1. The van der Waals surface area contributed by atoms with Gasteiger partial charge in [-0.15, -0.1) is 0 Å². The fourth-order valence-corrected chi connectivity index (χ4v) is 3.26. The van der Waals surface area contributed by atoms with E-state index in [0.717, 1.165) is 16.6 Å². The summed E-state index contributed by atoms with van der Waals surface area (Å²) in [5.41, 5.74) is 0.961. The Labute approximate surface area is 139 Å². The Morgan fingerprint density at radius 1 is 1.39 bits per heavy atom. The van der Waals surface area contributed by atoms with E-state index in [4.69, 9.17) is 9.47 Å². The minimum absolute atomic E-state index is 0.124. The quantitative estimate of drug-likeness (QED) is 0.782. The SMILES string of the molecule is COc1cccc(-n2ccnc2SCC(=O)N2CCOCC2)c1. The molecule has 0 saturated carbocycles. The van der Waals surface area contributed by atoms with Gasteiger partial charge in [-0.25, -0.2) is 4.98 Å². The van der Waals surface area contributed by atoms with E-state index in [0.29, 0.717) is 32.1 Å². The first-order valence-corrected chi connectivity index (χ1v) is 8.42. The average Bonchev–Trinajstić information content (AvgIpc) is 3.09. The number of ether oxygens (including phenoxy) is 2. The topological polar surface area (TPSA) is 56.6 Å². The number of rotatable bonds is 5. The van der Waals surface area contributed by atoms with Crippen LogP contribution in [0.3, 0.4) is 0 Å².